The molecule has 8 heteroatoms. The minimum absolute atomic E-state index is 0.0825. The number of nitrogens with zero attached hydrogens (tertiary/aromatic N) is 2. The lowest BCUT2D eigenvalue weighted by Crippen LogP contribution is -2.15. The van der Waals surface area contributed by atoms with E-state index in [1.165, 1.54) is 17.3 Å². The number of hydrogen-bond donors (Lipinski definition) is 2. The Morgan fingerprint density at radius 2 is 1.87 bits per heavy atom. The molecule has 31 heavy (non-hydrogen) atoms. The van der Waals surface area contributed by atoms with E-state index in [2.05, 4.69) is 89.0 Å². The Morgan fingerprint density at radius 3 is 2.55 bits per heavy atom. The SMILES string of the molecule is CC(C)c1ccc(OCc2nc(SCC(=O)Nc3ccc(I)cc3C(C)C)n[nH]2)cc1. The standard InChI is InChI=1S/C23H27IN4O2S/c1-14(2)16-5-8-18(9-6-16)30-12-21-26-23(28-27-21)31-13-22(29)25-20-10-7-17(24)11-19(20)15(3)4/h5-11,14-15H,12-13H2,1-4H3,(H,25,29)(H,26,27,28). The Kier molecular flexibility index (Phi) is 8.36. The number of benzene rings is 2. The number of aromatic nitrogens is 3. The highest BCUT2D eigenvalue weighted by molar-refractivity contribution is 14.1. The molecule has 3 aromatic rings. The maximum atomic E-state index is 12.4. The molecule has 0 aliphatic heterocycles. The van der Waals surface area contributed by atoms with Gasteiger partial charge in [-0.1, -0.05) is 51.6 Å². The molecule has 0 unspecified atom stereocenters. The molecule has 2 aromatic carbocycles. The van der Waals surface area contributed by atoms with Crippen LogP contribution in [-0.4, -0.2) is 26.8 Å². The lowest BCUT2D eigenvalue weighted by molar-refractivity contribution is -0.113. The first-order valence-electron chi connectivity index (χ1n) is 10.2. The number of H-pyrrole nitrogens is 1. The lowest BCUT2D eigenvalue weighted by atomic mass is 10.0. The summed E-state index contributed by atoms with van der Waals surface area (Å²) in [7, 11) is 0. The van der Waals surface area contributed by atoms with Crippen LogP contribution in [0.2, 0.25) is 0 Å². The largest absolute Gasteiger partial charge is 0.486 e. The fourth-order valence-corrected chi connectivity index (χ4v) is 4.08. The van der Waals surface area contributed by atoms with Crippen molar-refractivity contribution < 1.29 is 9.53 Å². The number of carbonyl (C=O) groups excluding carboxylic acids is 1. The molecule has 0 bridgehead atoms. The van der Waals surface area contributed by atoms with Crippen molar-refractivity contribution in [3.63, 3.8) is 0 Å². The fraction of sp³-hybridized carbons (Fsp3) is 0.348. The third-order valence-corrected chi connectivity index (χ3v) is 6.19. The summed E-state index contributed by atoms with van der Waals surface area (Å²) in [5.41, 5.74) is 3.26. The third kappa shape index (κ3) is 6.96. The van der Waals surface area contributed by atoms with Crippen LogP contribution < -0.4 is 10.1 Å². The van der Waals surface area contributed by atoms with E-state index in [0.717, 1.165) is 20.6 Å². The molecule has 0 aliphatic carbocycles. The number of halogens is 1. The number of anilines is 1. The second-order valence-corrected chi connectivity index (χ2v) is 9.99. The summed E-state index contributed by atoms with van der Waals surface area (Å²) in [4.78, 5) is 16.8. The molecule has 0 saturated carbocycles. The first-order valence-corrected chi connectivity index (χ1v) is 12.2. The number of aromatic amines is 1. The van der Waals surface area contributed by atoms with E-state index in [1.54, 1.807) is 0 Å². The number of hydrogen-bond acceptors (Lipinski definition) is 5. The number of nitrogens with one attached hydrogen (secondary N) is 2. The summed E-state index contributed by atoms with van der Waals surface area (Å²) in [5.74, 6) is 2.38. The number of carbonyl (C=O) groups is 1. The highest BCUT2D eigenvalue weighted by Gasteiger charge is 2.12. The normalized spacial score (nSPS) is 11.2. The summed E-state index contributed by atoms with van der Waals surface area (Å²) >= 11 is 3.57. The highest BCUT2D eigenvalue weighted by Crippen LogP contribution is 2.26. The molecule has 1 heterocycles. The molecule has 3 rings (SSSR count). The van der Waals surface area contributed by atoms with Crippen molar-refractivity contribution in [2.75, 3.05) is 11.1 Å². The molecular weight excluding hydrogens is 523 g/mol. The zero-order valence-electron chi connectivity index (χ0n) is 18.1. The van der Waals surface area contributed by atoms with Crippen LogP contribution in [0.5, 0.6) is 5.75 Å². The Bertz CT molecular complexity index is 1020. The Balaban J connectivity index is 1.49. The van der Waals surface area contributed by atoms with Crippen LogP contribution in [0.25, 0.3) is 0 Å². The molecule has 0 saturated heterocycles. The van der Waals surface area contributed by atoms with E-state index < -0.39 is 0 Å². The maximum absolute atomic E-state index is 12.4. The lowest BCUT2D eigenvalue weighted by Gasteiger charge is -2.14. The average molecular weight is 550 g/mol. The number of amides is 1. The Hall–Kier alpha value is -2.07. The van der Waals surface area contributed by atoms with E-state index in [4.69, 9.17) is 4.74 Å². The first-order chi connectivity index (χ1) is 14.8. The van der Waals surface area contributed by atoms with Gasteiger partial charge in [0.15, 0.2) is 5.82 Å². The minimum Gasteiger partial charge on any atom is -0.486 e. The van der Waals surface area contributed by atoms with Crippen LogP contribution in [0.3, 0.4) is 0 Å². The van der Waals surface area contributed by atoms with Gasteiger partial charge in [-0.3, -0.25) is 9.89 Å². The van der Waals surface area contributed by atoms with Crippen LogP contribution in [0.15, 0.2) is 47.6 Å². The van der Waals surface area contributed by atoms with Crippen LogP contribution in [0.4, 0.5) is 5.69 Å². The Morgan fingerprint density at radius 1 is 1.13 bits per heavy atom. The predicted molar refractivity (Wildman–Crippen MR) is 134 cm³/mol. The monoisotopic (exact) mass is 550 g/mol. The van der Waals surface area contributed by atoms with E-state index in [9.17, 15) is 4.79 Å². The van der Waals surface area contributed by atoms with Gasteiger partial charge in [-0.15, -0.1) is 5.10 Å². The highest BCUT2D eigenvalue weighted by atomic mass is 127. The van der Waals surface area contributed by atoms with Gasteiger partial charge >= 0.3 is 0 Å². The summed E-state index contributed by atoms with van der Waals surface area (Å²) < 4.78 is 6.92. The molecule has 2 N–H and O–H groups in total. The number of rotatable bonds is 9. The van der Waals surface area contributed by atoms with Crippen molar-refractivity contribution in [2.24, 2.45) is 0 Å². The first kappa shape index (κ1) is 23.6. The van der Waals surface area contributed by atoms with Gasteiger partial charge in [-0.2, -0.15) is 0 Å². The molecule has 0 radical (unpaired) electrons. The van der Waals surface area contributed by atoms with E-state index in [-0.39, 0.29) is 11.7 Å². The number of thioether (sulfide) groups is 1. The maximum Gasteiger partial charge on any atom is 0.234 e. The van der Waals surface area contributed by atoms with Crippen molar-refractivity contribution in [1.29, 1.82) is 0 Å². The summed E-state index contributed by atoms with van der Waals surface area (Å²) in [6.45, 7) is 8.85. The smallest absolute Gasteiger partial charge is 0.234 e. The predicted octanol–water partition coefficient (Wildman–Crippen LogP) is 5.97. The van der Waals surface area contributed by atoms with Gasteiger partial charge in [-0.05, 0) is 75.9 Å². The van der Waals surface area contributed by atoms with Gasteiger partial charge in [0.25, 0.3) is 0 Å². The summed E-state index contributed by atoms with van der Waals surface area (Å²) in [6, 6.07) is 14.1. The van der Waals surface area contributed by atoms with Gasteiger partial charge in [0, 0.05) is 9.26 Å². The van der Waals surface area contributed by atoms with Crippen molar-refractivity contribution in [2.45, 2.75) is 51.3 Å². The molecule has 0 fully saturated rings. The van der Waals surface area contributed by atoms with Crippen LogP contribution in [0.1, 0.15) is 56.5 Å². The van der Waals surface area contributed by atoms with Crippen molar-refractivity contribution in [3.05, 3.63) is 63.0 Å². The minimum atomic E-state index is -0.0825. The topological polar surface area (TPSA) is 79.9 Å². The van der Waals surface area contributed by atoms with Gasteiger partial charge in [0.1, 0.15) is 12.4 Å². The van der Waals surface area contributed by atoms with E-state index in [0.29, 0.717) is 29.4 Å². The second kappa shape index (κ2) is 11.0. The van der Waals surface area contributed by atoms with Crippen LogP contribution in [0, 0.1) is 3.57 Å². The summed E-state index contributed by atoms with van der Waals surface area (Å²) in [6.07, 6.45) is 0. The Labute approximate surface area is 201 Å². The van der Waals surface area contributed by atoms with Crippen molar-refractivity contribution in [3.8, 4) is 5.75 Å². The molecule has 1 aromatic heterocycles. The molecule has 164 valence electrons. The van der Waals surface area contributed by atoms with Gasteiger partial charge in [0.2, 0.25) is 11.1 Å². The van der Waals surface area contributed by atoms with Crippen molar-refractivity contribution >= 4 is 45.9 Å². The van der Waals surface area contributed by atoms with Crippen LogP contribution >= 0.6 is 34.4 Å². The zero-order chi connectivity index (χ0) is 22.4. The van der Waals surface area contributed by atoms with Crippen molar-refractivity contribution in [1.82, 2.24) is 15.2 Å². The molecule has 0 atom stereocenters. The fourth-order valence-electron chi connectivity index (χ4n) is 2.95. The average Bonchev–Trinajstić information content (AvgIpc) is 3.20. The molecule has 6 nitrogen and oxygen atoms in total. The zero-order valence-corrected chi connectivity index (χ0v) is 21.1. The third-order valence-electron chi connectivity index (χ3n) is 4.68. The van der Waals surface area contributed by atoms with E-state index in [1.807, 2.05) is 24.3 Å². The van der Waals surface area contributed by atoms with Gasteiger partial charge in [0.05, 0.1) is 5.75 Å². The molecule has 0 spiro atoms. The molecule has 1 amide bonds. The molecular formula is C23H27IN4O2S. The van der Waals surface area contributed by atoms with Crippen LogP contribution in [-0.2, 0) is 11.4 Å². The molecule has 0 aliphatic rings. The second-order valence-electron chi connectivity index (χ2n) is 7.80. The van der Waals surface area contributed by atoms with E-state index >= 15 is 0 Å². The van der Waals surface area contributed by atoms with Gasteiger partial charge in [-0.25, -0.2) is 4.98 Å². The number of ether oxygens (including phenoxy) is 1. The van der Waals surface area contributed by atoms with Gasteiger partial charge < -0.3 is 10.1 Å². The quantitative estimate of drug-likeness (QED) is 0.254. The summed E-state index contributed by atoms with van der Waals surface area (Å²) in [5, 5.41) is 10.6.